The van der Waals surface area contributed by atoms with E-state index < -0.39 is 0 Å². The molecule has 0 aliphatic carbocycles. The number of benzene rings is 4. The summed E-state index contributed by atoms with van der Waals surface area (Å²) in [7, 11) is 0. The summed E-state index contributed by atoms with van der Waals surface area (Å²) < 4.78 is 5.72. The van der Waals surface area contributed by atoms with Gasteiger partial charge < -0.3 is 4.42 Å². The molecule has 0 aliphatic rings. The van der Waals surface area contributed by atoms with E-state index >= 15 is 0 Å². The Bertz CT molecular complexity index is 1290. The fraction of sp³-hybridized carbons (Fsp3) is 0.125. The third kappa shape index (κ3) is 2.62. The molecule has 0 bridgehead atoms. The molecule has 135 valence electrons. The van der Waals surface area contributed by atoms with Crippen LogP contribution in [0.3, 0.4) is 0 Å². The molecule has 0 saturated heterocycles. The van der Waals surface area contributed by atoms with Crippen LogP contribution in [0.25, 0.3) is 43.8 Å². The summed E-state index contributed by atoms with van der Waals surface area (Å²) in [5.74, 6) is 0. The summed E-state index contributed by atoms with van der Waals surface area (Å²) >= 11 is 0. The molecule has 4 aromatic carbocycles. The molecule has 0 amide bonds. The van der Waals surface area contributed by atoms with Crippen LogP contribution in [-0.4, -0.2) is 4.98 Å². The molecule has 0 unspecified atom stereocenters. The zero-order valence-electron chi connectivity index (χ0n) is 15.4. The third-order valence-corrected chi connectivity index (χ3v) is 5.19. The molecule has 27 heavy (non-hydrogen) atoms. The van der Waals surface area contributed by atoms with Crippen molar-refractivity contribution in [2.75, 3.05) is 0 Å². The first-order valence-electron chi connectivity index (χ1n) is 8.81. The summed E-state index contributed by atoms with van der Waals surface area (Å²) in [6.45, 7) is 6.53. The zero-order chi connectivity index (χ0) is 17.8. The van der Waals surface area contributed by atoms with E-state index in [1.807, 2.05) is 12.1 Å². The molecule has 0 saturated carbocycles. The Morgan fingerprint density at radius 1 is 0.926 bits per heavy atom. The average molecular weight is 529 g/mol. The summed E-state index contributed by atoms with van der Waals surface area (Å²) in [5.41, 5.74) is 8.11. The van der Waals surface area contributed by atoms with Gasteiger partial charge in [-0.15, -0.1) is 23.6 Å². The van der Waals surface area contributed by atoms with Crippen molar-refractivity contribution in [3.8, 4) is 11.1 Å². The average Bonchev–Trinajstić information content (AvgIpc) is 3.11. The third-order valence-electron chi connectivity index (χ3n) is 5.19. The molecule has 5 aromatic rings. The van der Waals surface area contributed by atoms with Crippen molar-refractivity contribution in [1.82, 2.24) is 4.98 Å². The smallest absolute Gasteiger partial charge is 0.171 e. The molecule has 1 heterocycles. The predicted octanol–water partition coefficient (Wildman–Crippen LogP) is 6.52. The van der Waals surface area contributed by atoms with Crippen LogP contribution in [-0.2, 0) is 20.1 Å². The maximum absolute atomic E-state index is 5.72. The fourth-order valence-corrected chi connectivity index (χ4v) is 4.29. The van der Waals surface area contributed by atoms with Gasteiger partial charge in [0.1, 0.15) is 5.58 Å². The van der Waals surface area contributed by atoms with Crippen molar-refractivity contribution in [2.24, 2.45) is 0 Å². The monoisotopic (exact) mass is 529 g/mol. The fourth-order valence-electron chi connectivity index (χ4n) is 4.29. The Hall–Kier alpha value is -2.48. The second kappa shape index (κ2) is 6.60. The summed E-state index contributed by atoms with van der Waals surface area (Å²) in [4.78, 5) is 4.49. The minimum absolute atomic E-state index is 0. The Morgan fingerprint density at radius 3 is 2.37 bits per heavy atom. The van der Waals surface area contributed by atoms with Crippen LogP contribution in [0.2, 0.25) is 0 Å². The topological polar surface area (TPSA) is 26.0 Å². The van der Waals surface area contributed by atoms with Crippen LogP contribution in [0.1, 0.15) is 16.7 Å². The number of nitrogens with zero attached hydrogens (tertiary/aromatic N) is 1. The van der Waals surface area contributed by atoms with Crippen LogP contribution in [0.15, 0.2) is 59.3 Å². The Kier molecular flexibility index (Phi) is 4.38. The van der Waals surface area contributed by atoms with Crippen LogP contribution < -0.4 is 0 Å². The standard InChI is InChI=1S/C24H18NO.Ir/c1-14-11-15(2)21(16(3)12-14)19-9-6-10-20-22(19)17-7-4-5-8-18(17)24-23(20)25-13-26-24;/h4-9,11-13H,1-3H3;/q-1;. The number of oxazole rings is 1. The summed E-state index contributed by atoms with van der Waals surface area (Å²) in [5, 5.41) is 4.48. The second-order valence-electron chi connectivity index (χ2n) is 6.99. The van der Waals surface area contributed by atoms with Gasteiger partial charge in [-0.2, -0.15) is 0 Å². The molecule has 2 nitrogen and oxygen atoms in total. The zero-order valence-corrected chi connectivity index (χ0v) is 17.8. The van der Waals surface area contributed by atoms with Gasteiger partial charge >= 0.3 is 0 Å². The van der Waals surface area contributed by atoms with E-state index in [1.54, 1.807) is 0 Å². The summed E-state index contributed by atoms with van der Waals surface area (Å²) in [6, 6.07) is 20.5. The van der Waals surface area contributed by atoms with Crippen molar-refractivity contribution in [1.29, 1.82) is 0 Å². The molecule has 0 atom stereocenters. The minimum Gasteiger partial charge on any atom is -0.454 e. The quantitative estimate of drug-likeness (QED) is 0.183. The van der Waals surface area contributed by atoms with Crippen molar-refractivity contribution in [3.63, 3.8) is 0 Å². The van der Waals surface area contributed by atoms with Crippen molar-refractivity contribution >= 4 is 32.6 Å². The Morgan fingerprint density at radius 2 is 1.63 bits per heavy atom. The molecule has 1 aromatic heterocycles. The maximum atomic E-state index is 5.72. The molecule has 0 fully saturated rings. The Balaban J connectivity index is 0.00000180. The molecule has 1 radical (unpaired) electrons. The van der Waals surface area contributed by atoms with Crippen molar-refractivity contribution < 1.29 is 24.5 Å². The molecule has 5 rings (SSSR count). The largest absolute Gasteiger partial charge is 0.454 e. The SMILES string of the molecule is Cc1cc(C)c(-c2cc[c-]c3c4ncoc4c4ccccc4c23)c(C)c1.[Ir]. The summed E-state index contributed by atoms with van der Waals surface area (Å²) in [6.07, 6.45) is 1.53. The number of hydrogen-bond acceptors (Lipinski definition) is 2. The van der Waals surface area contributed by atoms with E-state index in [1.165, 1.54) is 45.0 Å². The van der Waals surface area contributed by atoms with Crippen LogP contribution in [0.5, 0.6) is 0 Å². The molecule has 0 N–H and O–H groups in total. The number of aryl methyl sites for hydroxylation is 3. The number of rotatable bonds is 1. The first kappa shape index (κ1) is 17.9. The Labute approximate surface area is 171 Å². The number of fused-ring (bicyclic) bond motifs is 6. The number of aromatic nitrogens is 1. The van der Waals surface area contributed by atoms with Crippen molar-refractivity contribution in [2.45, 2.75) is 20.8 Å². The van der Waals surface area contributed by atoms with Gasteiger partial charge in [0.05, 0.1) is 0 Å². The van der Waals surface area contributed by atoms with Gasteiger partial charge in [0.15, 0.2) is 6.39 Å². The maximum Gasteiger partial charge on any atom is 0.171 e. The van der Waals surface area contributed by atoms with E-state index in [-0.39, 0.29) is 20.1 Å². The van der Waals surface area contributed by atoms with Gasteiger partial charge in [0.2, 0.25) is 0 Å². The van der Waals surface area contributed by atoms with Crippen LogP contribution >= 0.6 is 0 Å². The van der Waals surface area contributed by atoms with E-state index in [9.17, 15) is 0 Å². The van der Waals surface area contributed by atoms with Gasteiger partial charge in [-0.3, -0.25) is 4.98 Å². The van der Waals surface area contributed by atoms with E-state index in [2.05, 4.69) is 68.2 Å². The van der Waals surface area contributed by atoms with E-state index in [0.29, 0.717) is 0 Å². The number of hydrogen-bond donors (Lipinski definition) is 0. The van der Waals surface area contributed by atoms with Crippen molar-refractivity contribution in [3.05, 3.63) is 77.7 Å². The first-order chi connectivity index (χ1) is 12.6. The van der Waals surface area contributed by atoms with E-state index in [0.717, 1.165) is 21.9 Å². The molecular weight excluding hydrogens is 510 g/mol. The van der Waals surface area contributed by atoms with Crippen LogP contribution in [0.4, 0.5) is 0 Å². The van der Waals surface area contributed by atoms with Crippen LogP contribution in [0, 0.1) is 26.8 Å². The van der Waals surface area contributed by atoms with Gasteiger partial charge in [-0.05, 0) is 42.8 Å². The predicted molar refractivity (Wildman–Crippen MR) is 108 cm³/mol. The molecule has 0 aliphatic heterocycles. The molecule has 3 heteroatoms. The first-order valence-corrected chi connectivity index (χ1v) is 8.81. The van der Waals surface area contributed by atoms with Gasteiger partial charge in [0, 0.05) is 31.0 Å². The van der Waals surface area contributed by atoms with E-state index in [4.69, 9.17) is 4.42 Å². The van der Waals surface area contributed by atoms with Gasteiger partial charge in [-0.1, -0.05) is 52.9 Å². The molecule has 0 spiro atoms. The normalized spacial score (nSPS) is 11.2. The van der Waals surface area contributed by atoms with Gasteiger partial charge in [-0.25, -0.2) is 0 Å². The second-order valence-corrected chi connectivity index (χ2v) is 6.99. The van der Waals surface area contributed by atoms with Gasteiger partial charge in [0.25, 0.3) is 0 Å². The molecular formula is C24H18IrNO-. The minimum atomic E-state index is 0.